The summed E-state index contributed by atoms with van der Waals surface area (Å²) < 4.78 is 17.8. The van der Waals surface area contributed by atoms with Crippen LogP contribution in [-0.2, 0) is 9.53 Å². The summed E-state index contributed by atoms with van der Waals surface area (Å²) in [4.78, 5) is 11.0. The summed E-state index contributed by atoms with van der Waals surface area (Å²) in [6.45, 7) is 0. The SMILES string of the molecule is COC(=O)C(Cl)c1ccc(Br)c(F)c1. The summed E-state index contributed by atoms with van der Waals surface area (Å²) >= 11 is 8.72. The largest absolute Gasteiger partial charge is 0.468 e. The van der Waals surface area contributed by atoms with Crippen molar-refractivity contribution in [2.45, 2.75) is 5.38 Å². The number of esters is 1. The molecule has 0 saturated carbocycles. The van der Waals surface area contributed by atoms with Gasteiger partial charge in [0.2, 0.25) is 0 Å². The number of rotatable bonds is 2. The van der Waals surface area contributed by atoms with Gasteiger partial charge in [-0.25, -0.2) is 4.39 Å². The number of methoxy groups -OCH3 is 1. The summed E-state index contributed by atoms with van der Waals surface area (Å²) in [5.74, 6) is -1.06. The van der Waals surface area contributed by atoms with Crippen LogP contribution in [0.1, 0.15) is 10.9 Å². The molecule has 1 unspecified atom stereocenters. The van der Waals surface area contributed by atoms with Gasteiger partial charge in [0, 0.05) is 0 Å². The third kappa shape index (κ3) is 2.45. The molecule has 0 fully saturated rings. The maximum Gasteiger partial charge on any atom is 0.328 e. The molecule has 76 valence electrons. The van der Waals surface area contributed by atoms with Gasteiger partial charge in [-0.1, -0.05) is 6.07 Å². The molecule has 0 aromatic heterocycles. The zero-order valence-electron chi connectivity index (χ0n) is 7.26. The van der Waals surface area contributed by atoms with Crippen LogP contribution in [0.3, 0.4) is 0 Å². The predicted octanol–water partition coefficient (Wildman–Crippen LogP) is 3.04. The van der Waals surface area contributed by atoms with Crippen LogP contribution in [0.25, 0.3) is 0 Å². The molecular weight excluding hydrogens is 274 g/mol. The van der Waals surface area contributed by atoms with Crippen LogP contribution in [0.5, 0.6) is 0 Å². The van der Waals surface area contributed by atoms with Crippen molar-refractivity contribution in [1.29, 1.82) is 0 Å². The molecule has 5 heteroatoms. The van der Waals surface area contributed by atoms with E-state index in [0.717, 1.165) is 0 Å². The second-order valence-corrected chi connectivity index (χ2v) is 3.85. The second-order valence-electron chi connectivity index (χ2n) is 2.56. The van der Waals surface area contributed by atoms with E-state index in [0.29, 0.717) is 10.0 Å². The molecule has 1 aromatic rings. The lowest BCUT2D eigenvalue weighted by Crippen LogP contribution is -2.08. The average Bonchev–Trinajstić information content (AvgIpc) is 2.20. The van der Waals surface area contributed by atoms with Crippen molar-refractivity contribution in [3.8, 4) is 0 Å². The Hall–Kier alpha value is -0.610. The number of carbonyl (C=O) groups is 1. The minimum atomic E-state index is -0.970. The highest BCUT2D eigenvalue weighted by molar-refractivity contribution is 9.10. The van der Waals surface area contributed by atoms with E-state index in [9.17, 15) is 9.18 Å². The van der Waals surface area contributed by atoms with E-state index in [-0.39, 0.29) is 0 Å². The van der Waals surface area contributed by atoms with E-state index in [1.807, 2.05) is 0 Å². The smallest absolute Gasteiger partial charge is 0.328 e. The number of alkyl halides is 1. The van der Waals surface area contributed by atoms with Gasteiger partial charge in [0.25, 0.3) is 0 Å². The topological polar surface area (TPSA) is 26.3 Å². The highest BCUT2D eigenvalue weighted by atomic mass is 79.9. The molecule has 0 radical (unpaired) electrons. The first kappa shape index (κ1) is 11.5. The summed E-state index contributed by atoms with van der Waals surface area (Å²) in [7, 11) is 1.23. The molecule has 0 aliphatic heterocycles. The Balaban J connectivity index is 2.96. The Bertz CT molecular complexity index is 357. The quantitative estimate of drug-likeness (QED) is 0.615. The van der Waals surface area contributed by atoms with E-state index < -0.39 is 17.2 Å². The van der Waals surface area contributed by atoms with Gasteiger partial charge >= 0.3 is 5.97 Å². The van der Waals surface area contributed by atoms with Crippen LogP contribution >= 0.6 is 27.5 Å². The maximum atomic E-state index is 13.0. The standard InChI is InChI=1S/C9H7BrClFO2/c1-14-9(13)8(11)5-2-3-6(10)7(12)4-5/h2-4,8H,1H3. The number of ether oxygens (including phenoxy) is 1. The monoisotopic (exact) mass is 280 g/mol. The summed E-state index contributed by atoms with van der Waals surface area (Å²) in [5, 5.41) is -0.970. The number of carbonyl (C=O) groups excluding carboxylic acids is 1. The first-order chi connectivity index (χ1) is 6.56. The van der Waals surface area contributed by atoms with Crippen LogP contribution in [0.4, 0.5) is 4.39 Å². The second kappa shape index (κ2) is 4.75. The highest BCUT2D eigenvalue weighted by Gasteiger charge is 2.18. The number of benzene rings is 1. The van der Waals surface area contributed by atoms with Gasteiger partial charge < -0.3 is 4.74 Å². The van der Waals surface area contributed by atoms with E-state index in [2.05, 4.69) is 20.7 Å². The van der Waals surface area contributed by atoms with Gasteiger partial charge in [-0.3, -0.25) is 4.79 Å². The number of hydrogen-bond donors (Lipinski definition) is 0. The zero-order chi connectivity index (χ0) is 10.7. The maximum absolute atomic E-state index is 13.0. The molecule has 0 amide bonds. The van der Waals surface area contributed by atoms with E-state index in [1.54, 1.807) is 6.07 Å². The number of halogens is 3. The Labute approximate surface area is 94.1 Å². The van der Waals surface area contributed by atoms with Crippen LogP contribution in [-0.4, -0.2) is 13.1 Å². The van der Waals surface area contributed by atoms with Crippen LogP contribution in [0.2, 0.25) is 0 Å². The van der Waals surface area contributed by atoms with Crippen molar-refractivity contribution in [1.82, 2.24) is 0 Å². The van der Waals surface area contributed by atoms with Crippen molar-refractivity contribution < 1.29 is 13.9 Å². The zero-order valence-corrected chi connectivity index (χ0v) is 9.60. The minimum Gasteiger partial charge on any atom is -0.468 e. The van der Waals surface area contributed by atoms with Crippen molar-refractivity contribution in [2.75, 3.05) is 7.11 Å². The normalized spacial score (nSPS) is 12.3. The van der Waals surface area contributed by atoms with Gasteiger partial charge in [-0.15, -0.1) is 11.6 Å². The Morgan fingerprint density at radius 2 is 2.29 bits per heavy atom. The van der Waals surface area contributed by atoms with Crippen molar-refractivity contribution in [2.24, 2.45) is 0 Å². The van der Waals surface area contributed by atoms with E-state index >= 15 is 0 Å². The van der Waals surface area contributed by atoms with Gasteiger partial charge in [0.15, 0.2) is 5.38 Å². The lowest BCUT2D eigenvalue weighted by atomic mass is 10.1. The fourth-order valence-corrected chi connectivity index (χ4v) is 1.38. The molecule has 0 aliphatic carbocycles. The molecule has 0 heterocycles. The Morgan fingerprint density at radius 1 is 1.64 bits per heavy atom. The van der Waals surface area contributed by atoms with Crippen molar-refractivity contribution in [3.05, 3.63) is 34.1 Å². The van der Waals surface area contributed by atoms with Crippen LogP contribution < -0.4 is 0 Å². The average molecular weight is 282 g/mol. The van der Waals surface area contributed by atoms with E-state index in [1.165, 1.54) is 19.2 Å². The van der Waals surface area contributed by atoms with Gasteiger partial charge in [-0.05, 0) is 33.6 Å². The van der Waals surface area contributed by atoms with Gasteiger partial charge in [0.1, 0.15) is 5.82 Å². The first-order valence-corrected chi connectivity index (χ1v) is 4.96. The van der Waals surface area contributed by atoms with Crippen LogP contribution in [0.15, 0.2) is 22.7 Å². The minimum absolute atomic E-state index is 0.329. The summed E-state index contributed by atoms with van der Waals surface area (Å²) in [6.07, 6.45) is 0. The summed E-state index contributed by atoms with van der Waals surface area (Å²) in [5.41, 5.74) is 0.374. The Kier molecular flexibility index (Phi) is 3.89. The molecule has 2 nitrogen and oxygen atoms in total. The fraction of sp³-hybridized carbons (Fsp3) is 0.222. The van der Waals surface area contributed by atoms with Crippen molar-refractivity contribution in [3.63, 3.8) is 0 Å². The molecule has 1 aromatic carbocycles. The van der Waals surface area contributed by atoms with E-state index in [4.69, 9.17) is 11.6 Å². The number of hydrogen-bond acceptors (Lipinski definition) is 2. The Morgan fingerprint density at radius 3 is 2.79 bits per heavy atom. The van der Waals surface area contributed by atoms with Crippen LogP contribution in [0, 0.1) is 5.82 Å². The molecular formula is C9H7BrClFO2. The van der Waals surface area contributed by atoms with Gasteiger partial charge in [-0.2, -0.15) is 0 Å². The molecule has 14 heavy (non-hydrogen) atoms. The molecule has 1 rings (SSSR count). The third-order valence-corrected chi connectivity index (χ3v) is 2.72. The molecule has 1 atom stereocenters. The lowest BCUT2D eigenvalue weighted by molar-refractivity contribution is -0.140. The highest BCUT2D eigenvalue weighted by Crippen LogP contribution is 2.25. The molecule has 0 bridgehead atoms. The molecule has 0 saturated heterocycles. The first-order valence-electron chi connectivity index (χ1n) is 3.73. The summed E-state index contributed by atoms with van der Waals surface area (Å²) in [6, 6.07) is 4.24. The third-order valence-electron chi connectivity index (χ3n) is 1.64. The molecule has 0 N–H and O–H groups in total. The van der Waals surface area contributed by atoms with Crippen molar-refractivity contribution >= 4 is 33.5 Å². The predicted molar refractivity (Wildman–Crippen MR) is 54.7 cm³/mol. The lowest BCUT2D eigenvalue weighted by Gasteiger charge is -2.07. The fourth-order valence-electron chi connectivity index (χ4n) is 0.910. The molecule has 0 aliphatic rings. The van der Waals surface area contributed by atoms with Gasteiger partial charge in [0.05, 0.1) is 11.6 Å². The molecule has 0 spiro atoms.